The lowest BCUT2D eigenvalue weighted by Gasteiger charge is -2.34. The maximum atomic E-state index is 13.0. The van der Waals surface area contributed by atoms with Crippen LogP contribution in [0.4, 0.5) is 0 Å². The molecule has 0 spiro atoms. The molecule has 0 bridgehead atoms. The number of aromatic hydroxyl groups is 2. The monoisotopic (exact) mass is 492 g/mol. The maximum Gasteiger partial charge on any atom is 0.283 e. The summed E-state index contributed by atoms with van der Waals surface area (Å²) in [5, 5.41) is 20.5. The summed E-state index contributed by atoms with van der Waals surface area (Å²) in [6.45, 7) is 0. The highest BCUT2D eigenvalue weighted by atomic mass is 35.5. The molecule has 3 rings (SSSR count). The largest absolute Gasteiger partial charge is 0.508 e. The first-order valence-electron chi connectivity index (χ1n) is 7.91. The van der Waals surface area contributed by atoms with Crippen molar-refractivity contribution in [2.75, 3.05) is 0 Å². The molecule has 0 aliphatic rings. The first kappa shape index (κ1) is 22.0. The Morgan fingerprint density at radius 2 is 1.31 bits per heavy atom. The lowest BCUT2D eigenvalue weighted by Crippen LogP contribution is -2.39. The zero-order valence-corrected chi connectivity index (χ0v) is 18.1. The second kappa shape index (κ2) is 7.87. The van der Waals surface area contributed by atoms with Crippen LogP contribution in [0.15, 0.2) is 54.6 Å². The number of para-hydroxylation sites is 1. The normalized spacial score (nSPS) is 13.8. The van der Waals surface area contributed by atoms with Crippen LogP contribution in [0.2, 0.25) is 20.1 Å². The van der Waals surface area contributed by atoms with Gasteiger partial charge in [-0.15, -0.1) is 0 Å². The van der Waals surface area contributed by atoms with Gasteiger partial charge in [-0.1, -0.05) is 76.7 Å². The van der Waals surface area contributed by atoms with Crippen molar-refractivity contribution in [2.45, 2.75) is 4.75 Å². The summed E-state index contributed by atoms with van der Waals surface area (Å²) in [6, 6.07) is 11.9. The summed E-state index contributed by atoms with van der Waals surface area (Å²) < 4.78 is 33.9. The molecule has 29 heavy (non-hydrogen) atoms. The second-order valence-electron chi connectivity index (χ2n) is 6.03. The number of phenolic OH excluding ortho intramolecular Hbond substituents is 2. The minimum Gasteiger partial charge on any atom is -0.508 e. The fraction of sp³-hybridized carbons (Fsp3) is 0.0526. The van der Waals surface area contributed by atoms with Gasteiger partial charge in [0.05, 0.1) is 15.1 Å². The average molecular weight is 494 g/mol. The standard InChI is InChI=1S/C19H12Cl4O5S/c20-12-8-9-14(22)18(25)16(12)19(29(26,27)28,10-4-1-2-7-15(10)24)11-5-3-6-13(21)17(11)23/h1-9,24-25H,(H,26,27,28). The maximum absolute atomic E-state index is 13.0. The molecule has 0 saturated carbocycles. The molecule has 3 aromatic carbocycles. The number of halogens is 4. The van der Waals surface area contributed by atoms with Crippen LogP contribution >= 0.6 is 46.4 Å². The molecule has 0 amide bonds. The first-order chi connectivity index (χ1) is 13.5. The number of benzene rings is 3. The van der Waals surface area contributed by atoms with E-state index in [1.54, 1.807) is 0 Å². The van der Waals surface area contributed by atoms with Gasteiger partial charge in [-0.2, -0.15) is 8.42 Å². The topological polar surface area (TPSA) is 94.8 Å². The molecule has 0 saturated heterocycles. The fourth-order valence-corrected chi connectivity index (χ4v) is 5.61. The third-order valence-electron chi connectivity index (χ3n) is 4.43. The fourth-order valence-electron chi connectivity index (χ4n) is 3.24. The van der Waals surface area contributed by atoms with Crippen LogP contribution in [0.5, 0.6) is 11.5 Å². The van der Waals surface area contributed by atoms with E-state index in [-0.39, 0.29) is 31.2 Å². The smallest absolute Gasteiger partial charge is 0.283 e. The van der Waals surface area contributed by atoms with Crippen molar-refractivity contribution in [3.05, 3.63) is 91.4 Å². The highest BCUT2D eigenvalue weighted by Gasteiger charge is 2.54. The van der Waals surface area contributed by atoms with Crippen LogP contribution in [0, 0.1) is 0 Å². The summed E-state index contributed by atoms with van der Waals surface area (Å²) in [4.78, 5) is 0. The van der Waals surface area contributed by atoms with E-state index < -0.39 is 31.9 Å². The molecule has 0 radical (unpaired) electrons. The Hall–Kier alpha value is -1.67. The quantitative estimate of drug-likeness (QED) is 0.311. The highest BCUT2D eigenvalue weighted by Crippen LogP contribution is 2.55. The Morgan fingerprint density at radius 1 is 0.724 bits per heavy atom. The second-order valence-corrected chi connectivity index (χ2v) is 9.19. The summed E-state index contributed by atoms with van der Waals surface area (Å²) in [5.41, 5.74) is -1.04. The van der Waals surface area contributed by atoms with Gasteiger partial charge in [-0.05, 0) is 24.3 Å². The van der Waals surface area contributed by atoms with Crippen LogP contribution in [0.1, 0.15) is 16.7 Å². The van der Waals surface area contributed by atoms with Gasteiger partial charge in [0.1, 0.15) is 11.5 Å². The van der Waals surface area contributed by atoms with E-state index in [4.69, 9.17) is 46.4 Å². The van der Waals surface area contributed by atoms with E-state index in [9.17, 15) is 23.2 Å². The molecule has 0 fully saturated rings. The summed E-state index contributed by atoms with van der Waals surface area (Å²) in [6.07, 6.45) is 0. The molecular weight excluding hydrogens is 482 g/mol. The summed E-state index contributed by atoms with van der Waals surface area (Å²) >= 11 is 24.7. The third kappa shape index (κ3) is 3.44. The molecule has 3 N–H and O–H groups in total. The SMILES string of the molecule is O=S(=O)(O)C(c1ccccc1O)(c1cccc(Cl)c1Cl)c1c(Cl)ccc(Cl)c1O. The van der Waals surface area contributed by atoms with Crippen molar-refractivity contribution in [1.82, 2.24) is 0 Å². The minimum absolute atomic E-state index is 0.0229. The van der Waals surface area contributed by atoms with Crippen molar-refractivity contribution in [3.8, 4) is 11.5 Å². The molecule has 0 aromatic heterocycles. The number of rotatable bonds is 4. The number of hydrogen-bond acceptors (Lipinski definition) is 4. The van der Waals surface area contributed by atoms with E-state index >= 15 is 0 Å². The van der Waals surface area contributed by atoms with Crippen molar-refractivity contribution in [1.29, 1.82) is 0 Å². The lowest BCUT2D eigenvalue weighted by molar-refractivity contribution is 0.428. The Balaban J connectivity index is 2.71. The Kier molecular flexibility index (Phi) is 5.98. The van der Waals surface area contributed by atoms with Crippen LogP contribution in [0.3, 0.4) is 0 Å². The van der Waals surface area contributed by atoms with Crippen molar-refractivity contribution in [3.63, 3.8) is 0 Å². The van der Waals surface area contributed by atoms with Crippen molar-refractivity contribution < 1.29 is 23.2 Å². The Labute approximate surface area is 186 Å². The van der Waals surface area contributed by atoms with E-state index in [0.717, 1.165) is 0 Å². The number of phenols is 2. The lowest BCUT2D eigenvalue weighted by atomic mass is 9.82. The zero-order chi connectivity index (χ0) is 21.6. The molecular formula is C19H12Cl4O5S. The Morgan fingerprint density at radius 3 is 1.93 bits per heavy atom. The minimum atomic E-state index is -5.22. The van der Waals surface area contributed by atoms with Gasteiger partial charge in [0.15, 0.2) is 4.75 Å². The summed E-state index contributed by atoms with van der Waals surface area (Å²) in [7, 11) is -5.22. The van der Waals surface area contributed by atoms with Gasteiger partial charge in [0, 0.05) is 21.7 Å². The van der Waals surface area contributed by atoms with E-state index in [2.05, 4.69) is 0 Å². The number of hydrogen-bond donors (Lipinski definition) is 3. The Bertz CT molecular complexity index is 1210. The van der Waals surface area contributed by atoms with Gasteiger partial charge in [0.25, 0.3) is 10.1 Å². The van der Waals surface area contributed by atoms with Gasteiger partial charge < -0.3 is 10.2 Å². The van der Waals surface area contributed by atoms with Gasteiger partial charge in [-0.25, -0.2) is 0 Å². The molecule has 1 atom stereocenters. The molecule has 152 valence electrons. The van der Waals surface area contributed by atoms with Gasteiger partial charge >= 0.3 is 0 Å². The zero-order valence-electron chi connectivity index (χ0n) is 14.3. The van der Waals surface area contributed by atoms with Gasteiger partial charge in [-0.3, -0.25) is 4.55 Å². The molecule has 0 heterocycles. The molecule has 3 aromatic rings. The predicted molar refractivity (Wildman–Crippen MR) is 114 cm³/mol. The average Bonchev–Trinajstić information content (AvgIpc) is 2.64. The van der Waals surface area contributed by atoms with E-state index in [0.29, 0.717) is 0 Å². The van der Waals surface area contributed by atoms with Crippen molar-refractivity contribution in [2.24, 2.45) is 0 Å². The van der Waals surface area contributed by atoms with Crippen LogP contribution < -0.4 is 0 Å². The molecule has 5 nitrogen and oxygen atoms in total. The van der Waals surface area contributed by atoms with Crippen LogP contribution in [-0.2, 0) is 14.9 Å². The highest BCUT2D eigenvalue weighted by molar-refractivity contribution is 7.87. The molecule has 0 aliphatic heterocycles. The van der Waals surface area contributed by atoms with E-state index in [1.165, 1.54) is 54.6 Å². The van der Waals surface area contributed by atoms with E-state index in [1.807, 2.05) is 0 Å². The molecule has 1 unspecified atom stereocenters. The van der Waals surface area contributed by atoms with Gasteiger partial charge in [0.2, 0.25) is 0 Å². The van der Waals surface area contributed by atoms with Crippen molar-refractivity contribution >= 4 is 56.5 Å². The van der Waals surface area contributed by atoms with Crippen LogP contribution in [0.25, 0.3) is 0 Å². The first-order valence-corrected chi connectivity index (χ1v) is 10.9. The predicted octanol–water partition coefficient (Wildman–Crippen LogP) is 5.89. The summed E-state index contributed by atoms with van der Waals surface area (Å²) in [5.74, 6) is -1.22. The van der Waals surface area contributed by atoms with Crippen LogP contribution in [-0.4, -0.2) is 23.2 Å². The molecule has 0 aliphatic carbocycles. The third-order valence-corrected chi connectivity index (χ3v) is 7.29. The molecule has 10 heteroatoms.